The van der Waals surface area contributed by atoms with E-state index in [0.29, 0.717) is 34.0 Å². The topological polar surface area (TPSA) is 59.9 Å². The second-order valence-electron chi connectivity index (χ2n) is 7.14. The zero-order valence-electron chi connectivity index (χ0n) is 16.8. The van der Waals surface area contributed by atoms with Gasteiger partial charge in [0, 0.05) is 29.4 Å². The monoisotopic (exact) mass is 406 g/mol. The minimum atomic E-state index is -0.907. The van der Waals surface area contributed by atoms with Crippen molar-refractivity contribution in [3.8, 4) is 28.3 Å². The van der Waals surface area contributed by atoms with Crippen molar-refractivity contribution in [1.29, 1.82) is 0 Å². The van der Waals surface area contributed by atoms with E-state index in [1.54, 1.807) is 25.6 Å². The molecule has 0 aliphatic rings. The van der Waals surface area contributed by atoms with Gasteiger partial charge in [-0.25, -0.2) is 18.7 Å². The highest BCUT2D eigenvalue weighted by molar-refractivity contribution is 5.98. The van der Waals surface area contributed by atoms with Crippen LogP contribution in [0.2, 0.25) is 0 Å². The van der Waals surface area contributed by atoms with Crippen molar-refractivity contribution in [1.82, 2.24) is 15.0 Å². The molecule has 2 aromatic carbocycles. The van der Waals surface area contributed by atoms with Crippen molar-refractivity contribution in [3.63, 3.8) is 0 Å². The summed E-state index contributed by atoms with van der Waals surface area (Å²) in [5, 5.41) is 4.07. The van der Waals surface area contributed by atoms with Crippen molar-refractivity contribution in [2.45, 2.75) is 19.9 Å². The predicted molar refractivity (Wildman–Crippen MR) is 113 cm³/mol. The summed E-state index contributed by atoms with van der Waals surface area (Å²) in [5.41, 5.74) is 2.59. The number of methoxy groups -OCH3 is 1. The molecule has 7 heteroatoms. The molecule has 0 amide bonds. The molecular weight excluding hydrogens is 386 g/mol. The number of rotatable bonds is 5. The number of aromatic nitrogens is 3. The van der Waals surface area contributed by atoms with E-state index in [-0.39, 0.29) is 6.04 Å². The molecule has 30 heavy (non-hydrogen) atoms. The fourth-order valence-electron chi connectivity index (χ4n) is 3.21. The summed E-state index contributed by atoms with van der Waals surface area (Å²) < 4.78 is 32.8. The molecule has 4 rings (SSSR count). The first kappa shape index (κ1) is 19.7. The summed E-state index contributed by atoms with van der Waals surface area (Å²) in [7, 11) is 1.55. The maximum absolute atomic E-state index is 13.8. The molecule has 5 nitrogen and oxygen atoms in total. The van der Waals surface area contributed by atoms with E-state index in [1.807, 2.05) is 32.0 Å². The number of fused-ring (bicyclic) bond motifs is 1. The Bertz CT molecular complexity index is 1210. The first-order valence-corrected chi connectivity index (χ1v) is 9.48. The van der Waals surface area contributed by atoms with Crippen LogP contribution in [0.1, 0.15) is 13.8 Å². The van der Waals surface area contributed by atoms with Gasteiger partial charge in [0.1, 0.15) is 17.1 Å². The first-order valence-electron chi connectivity index (χ1n) is 9.48. The largest absolute Gasteiger partial charge is 0.494 e. The predicted octanol–water partition coefficient (Wildman–Crippen LogP) is 5.47. The highest BCUT2D eigenvalue weighted by atomic mass is 19.2. The molecule has 1 N–H and O–H groups in total. The van der Waals surface area contributed by atoms with Crippen molar-refractivity contribution < 1.29 is 13.5 Å². The second kappa shape index (κ2) is 8.02. The fraction of sp³-hybridized carbons (Fsp3) is 0.174. The van der Waals surface area contributed by atoms with Crippen LogP contribution in [0.15, 0.2) is 54.9 Å². The average Bonchev–Trinajstić information content (AvgIpc) is 2.75. The number of pyridine rings is 1. The lowest BCUT2D eigenvalue weighted by atomic mass is 10.0. The molecule has 0 unspecified atom stereocenters. The smallest absolute Gasteiger partial charge is 0.163 e. The minimum absolute atomic E-state index is 0.114. The summed E-state index contributed by atoms with van der Waals surface area (Å²) in [4.78, 5) is 13.5. The van der Waals surface area contributed by atoms with Crippen LogP contribution in [0, 0.1) is 11.6 Å². The summed E-state index contributed by atoms with van der Waals surface area (Å²) in [6, 6.07) is 11.2. The van der Waals surface area contributed by atoms with Gasteiger partial charge in [0.05, 0.1) is 7.11 Å². The Kier molecular flexibility index (Phi) is 5.27. The first-order chi connectivity index (χ1) is 14.5. The van der Waals surface area contributed by atoms with Gasteiger partial charge in [-0.15, -0.1) is 0 Å². The van der Waals surface area contributed by atoms with E-state index < -0.39 is 11.6 Å². The van der Waals surface area contributed by atoms with E-state index in [2.05, 4.69) is 10.3 Å². The average molecular weight is 406 g/mol. The fourth-order valence-corrected chi connectivity index (χ4v) is 3.21. The molecule has 0 saturated carbocycles. The van der Waals surface area contributed by atoms with Gasteiger partial charge in [-0.1, -0.05) is 6.07 Å². The lowest BCUT2D eigenvalue weighted by Crippen LogP contribution is -2.12. The van der Waals surface area contributed by atoms with E-state index in [0.717, 1.165) is 23.1 Å². The Balaban J connectivity index is 1.98. The lowest BCUT2D eigenvalue weighted by molar-refractivity contribution is 0.419. The summed E-state index contributed by atoms with van der Waals surface area (Å²) in [6.07, 6.45) is 3.38. The normalized spacial score (nSPS) is 11.1. The van der Waals surface area contributed by atoms with Crippen molar-refractivity contribution in [2.75, 3.05) is 12.4 Å². The quantitative estimate of drug-likeness (QED) is 0.477. The molecule has 0 spiro atoms. The zero-order valence-corrected chi connectivity index (χ0v) is 16.8. The van der Waals surface area contributed by atoms with Crippen LogP contribution in [0.3, 0.4) is 0 Å². The Hall–Kier alpha value is -3.61. The molecule has 4 aromatic rings. The molecule has 0 aliphatic heterocycles. The minimum Gasteiger partial charge on any atom is -0.494 e. The number of hydrogen-bond donors (Lipinski definition) is 1. The van der Waals surface area contributed by atoms with Gasteiger partial charge >= 0.3 is 0 Å². The number of nitrogens with zero attached hydrogens (tertiary/aromatic N) is 3. The summed E-state index contributed by atoms with van der Waals surface area (Å²) >= 11 is 0. The van der Waals surface area contributed by atoms with E-state index in [9.17, 15) is 8.78 Å². The molecule has 0 atom stereocenters. The van der Waals surface area contributed by atoms with Crippen LogP contribution in [-0.2, 0) is 0 Å². The molecular formula is C23H20F2N4O. The van der Waals surface area contributed by atoms with Gasteiger partial charge in [-0.05, 0) is 61.4 Å². The molecule has 0 fully saturated rings. The molecule has 0 aliphatic carbocycles. The molecule has 0 saturated heterocycles. The van der Waals surface area contributed by atoms with Crippen LogP contribution < -0.4 is 10.1 Å². The number of halogens is 2. The van der Waals surface area contributed by atoms with Crippen LogP contribution in [0.25, 0.3) is 33.4 Å². The lowest BCUT2D eigenvalue weighted by Gasteiger charge is -2.16. The summed E-state index contributed by atoms with van der Waals surface area (Å²) in [5.74, 6) is -0.158. The van der Waals surface area contributed by atoms with E-state index in [1.165, 1.54) is 6.07 Å². The zero-order chi connectivity index (χ0) is 21.3. The third-order valence-electron chi connectivity index (χ3n) is 4.58. The summed E-state index contributed by atoms with van der Waals surface area (Å²) in [6.45, 7) is 4.02. The van der Waals surface area contributed by atoms with E-state index in [4.69, 9.17) is 14.7 Å². The van der Waals surface area contributed by atoms with Crippen molar-refractivity contribution >= 4 is 16.7 Å². The Morgan fingerprint density at radius 1 is 0.933 bits per heavy atom. The Morgan fingerprint density at radius 2 is 1.77 bits per heavy atom. The van der Waals surface area contributed by atoms with Crippen LogP contribution >= 0.6 is 0 Å². The third-order valence-corrected chi connectivity index (χ3v) is 4.58. The van der Waals surface area contributed by atoms with Crippen molar-refractivity contribution in [3.05, 3.63) is 66.5 Å². The Morgan fingerprint density at radius 3 is 2.43 bits per heavy atom. The standard InChI is InChI=1S/C23H20F2N4O/c1-13(2)27-23-17-9-16(14-6-7-18(24)19(25)10-14)11-20(30-3)21(17)28-22(29-23)15-5-4-8-26-12-15/h4-13H,1-3H3,(H,27,28,29). The van der Waals surface area contributed by atoms with Crippen LogP contribution in [-0.4, -0.2) is 28.1 Å². The van der Waals surface area contributed by atoms with Crippen LogP contribution in [0.5, 0.6) is 5.75 Å². The second-order valence-corrected chi connectivity index (χ2v) is 7.14. The van der Waals surface area contributed by atoms with Gasteiger partial charge in [-0.3, -0.25) is 4.98 Å². The third kappa shape index (κ3) is 3.78. The molecule has 0 radical (unpaired) electrons. The molecule has 2 aromatic heterocycles. The maximum atomic E-state index is 13.8. The van der Waals surface area contributed by atoms with Crippen LogP contribution in [0.4, 0.5) is 14.6 Å². The van der Waals surface area contributed by atoms with Gasteiger partial charge < -0.3 is 10.1 Å². The number of anilines is 1. The Labute approximate surface area is 172 Å². The number of benzene rings is 2. The number of ether oxygens (including phenoxy) is 1. The van der Waals surface area contributed by atoms with Gasteiger partial charge in [0.15, 0.2) is 17.5 Å². The van der Waals surface area contributed by atoms with Gasteiger partial charge in [0.25, 0.3) is 0 Å². The van der Waals surface area contributed by atoms with Gasteiger partial charge in [-0.2, -0.15) is 0 Å². The number of nitrogens with one attached hydrogen (secondary N) is 1. The SMILES string of the molecule is COc1cc(-c2ccc(F)c(F)c2)cc2c(NC(C)C)nc(-c3cccnc3)nc12. The maximum Gasteiger partial charge on any atom is 0.163 e. The van der Waals surface area contributed by atoms with E-state index >= 15 is 0 Å². The highest BCUT2D eigenvalue weighted by Gasteiger charge is 2.17. The van der Waals surface area contributed by atoms with Gasteiger partial charge in [0.2, 0.25) is 0 Å². The molecule has 152 valence electrons. The van der Waals surface area contributed by atoms with Crippen molar-refractivity contribution in [2.24, 2.45) is 0 Å². The highest BCUT2D eigenvalue weighted by Crippen LogP contribution is 2.36. The molecule has 0 bridgehead atoms. The molecule has 2 heterocycles. The number of hydrogen-bond acceptors (Lipinski definition) is 5.